The molecule has 2 aromatic rings. The third-order valence-electron chi connectivity index (χ3n) is 3.80. The van der Waals surface area contributed by atoms with Crippen LogP contribution in [0.2, 0.25) is 0 Å². The molecule has 6 heteroatoms. The zero-order valence-corrected chi connectivity index (χ0v) is 11.7. The van der Waals surface area contributed by atoms with E-state index in [4.69, 9.17) is 0 Å². The molecule has 21 heavy (non-hydrogen) atoms. The van der Waals surface area contributed by atoms with Crippen LogP contribution >= 0.6 is 0 Å². The molecule has 0 saturated heterocycles. The first-order chi connectivity index (χ1) is 10.2. The second-order valence-electron chi connectivity index (χ2n) is 5.31. The molecule has 0 unspecified atom stereocenters. The molecule has 2 heterocycles. The highest BCUT2D eigenvalue weighted by atomic mass is 16.1. The zero-order valence-electron chi connectivity index (χ0n) is 11.7. The van der Waals surface area contributed by atoms with Crippen LogP contribution in [0.3, 0.4) is 0 Å². The first-order valence-electron chi connectivity index (χ1n) is 7.21. The van der Waals surface area contributed by atoms with Crippen molar-refractivity contribution in [2.75, 3.05) is 5.32 Å². The molecule has 0 spiro atoms. The number of aryl methyl sites for hydroxylation is 2. The minimum absolute atomic E-state index is 0.0752. The molecule has 110 valence electrons. The Morgan fingerprint density at radius 2 is 2.05 bits per heavy atom. The van der Waals surface area contributed by atoms with Crippen molar-refractivity contribution in [2.45, 2.75) is 38.4 Å². The minimum Gasteiger partial charge on any atom is -0.381 e. The van der Waals surface area contributed by atoms with E-state index in [-0.39, 0.29) is 11.1 Å². The summed E-state index contributed by atoms with van der Waals surface area (Å²) in [5.74, 6) is 0. The average Bonchev–Trinajstić information content (AvgIpc) is 2.43. The lowest BCUT2D eigenvalue weighted by atomic mass is 9.93. The van der Waals surface area contributed by atoms with Gasteiger partial charge in [-0.05, 0) is 25.3 Å². The molecule has 1 saturated carbocycles. The maximum Gasteiger partial charge on any atom is 0.268 e. The molecule has 1 N–H and O–H groups in total. The van der Waals surface area contributed by atoms with Gasteiger partial charge >= 0.3 is 0 Å². The fourth-order valence-electron chi connectivity index (χ4n) is 2.32. The van der Waals surface area contributed by atoms with Crippen molar-refractivity contribution in [3.05, 3.63) is 57.4 Å². The van der Waals surface area contributed by atoms with Crippen LogP contribution in [-0.2, 0) is 13.1 Å². The number of nitrogens with zero attached hydrogens (tertiary/aromatic N) is 3. The van der Waals surface area contributed by atoms with Crippen molar-refractivity contribution >= 4 is 5.69 Å². The molecule has 0 bridgehead atoms. The Kier molecular flexibility index (Phi) is 3.85. The number of aromatic nitrogens is 3. The summed E-state index contributed by atoms with van der Waals surface area (Å²) < 4.78 is 2.94. The van der Waals surface area contributed by atoms with Crippen molar-refractivity contribution in [3.8, 4) is 0 Å². The van der Waals surface area contributed by atoms with E-state index >= 15 is 0 Å². The Morgan fingerprint density at radius 3 is 2.71 bits per heavy atom. The second kappa shape index (κ2) is 5.95. The van der Waals surface area contributed by atoms with E-state index in [1.165, 1.54) is 17.2 Å². The Hall–Kier alpha value is -2.37. The number of anilines is 1. The summed E-state index contributed by atoms with van der Waals surface area (Å²) in [6, 6.07) is 7.04. The van der Waals surface area contributed by atoms with Crippen LogP contribution in [0.4, 0.5) is 5.69 Å². The molecule has 0 amide bonds. The van der Waals surface area contributed by atoms with Gasteiger partial charge in [0, 0.05) is 30.9 Å². The van der Waals surface area contributed by atoms with Gasteiger partial charge < -0.3 is 9.88 Å². The number of pyridine rings is 1. The molecule has 1 aliphatic rings. The SMILES string of the molecule is O=c1ccccn1CCn1ncc(NC2CCC2)cc1=O. The van der Waals surface area contributed by atoms with Gasteiger partial charge in [0.25, 0.3) is 11.1 Å². The van der Waals surface area contributed by atoms with Gasteiger partial charge in [-0.15, -0.1) is 0 Å². The fraction of sp³-hybridized carbons (Fsp3) is 0.400. The first-order valence-corrected chi connectivity index (χ1v) is 7.21. The zero-order chi connectivity index (χ0) is 14.7. The summed E-state index contributed by atoms with van der Waals surface area (Å²) in [5, 5.41) is 7.46. The molecular weight excluding hydrogens is 268 g/mol. The van der Waals surface area contributed by atoms with Crippen molar-refractivity contribution in [1.29, 1.82) is 0 Å². The Morgan fingerprint density at radius 1 is 1.19 bits per heavy atom. The molecule has 3 rings (SSSR count). The third kappa shape index (κ3) is 3.21. The van der Waals surface area contributed by atoms with Crippen molar-refractivity contribution in [2.24, 2.45) is 0 Å². The summed E-state index contributed by atoms with van der Waals surface area (Å²) in [6.45, 7) is 0.814. The van der Waals surface area contributed by atoms with Gasteiger partial charge in [-0.3, -0.25) is 9.59 Å². The van der Waals surface area contributed by atoms with Gasteiger partial charge in [0.05, 0.1) is 18.4 Å². The van der Waals surface area contributed by atoms with E-state index in [1.807, 2.05) is 0 Å². The maximum absolute atomic E-state index is 12.0. The predicted octanol–water partition coefficient (Wildman–Crippen LogP) is 1.07. The van der Waals surface area contributed by atoms with E-state index in [9.17, 15) is 9.59 Å². The lowest BCUT2D eigenvalue weighted by molar-refractivity contribution is 0.444. The average molecular weight is 286 g/mol. The molecule has 1 fully saturated rings. The molecule has 2 aromatic heterocycles. The molecular formula is C15H18N4O2. The highest BCUT2D eigenvalue weighted by molar-refractivity contribution is 5.40. The normalized spacial score (nSPS) is 14.7. The van der Waals surface area contributed by atoms with E-state index < -0.39 is 0 Å². The third-order valence-corrected chi connectivity index (χ3v) is 3.80. The largest absolute Gasteiger partial charge is 0.381 e. The van der Waals surface area contributed by atoms with Crippen LogP contribution in [0.25, 0.3) is 0 Å². The molecule has 0 radical (unpaired) electrons. The second-order valence-corrected chi connectivity index (χ2v) is 5.31. The quantitative estimate of drug-likeness (QED) is 0.892. The summed E-state index contributed by atoms with van der Waals surface area (Å²) in [4.78, 5) is 23.6. The summed E-state index contributed by atoms with van der Waals surface area (Å²) >= 11 is 0. The van der Waals surface area contributed by atoms with Crippen LogP contribution in [0.5, 0.6) is 0 Å². The molecule has 6 nitrogen and oxygen atoms in total. The van der Waals surface area contributed by atoms with Gasteiger partial charge in [0.15, 0.2) is 0 Å². The highest BCUT2D eigenvalue weighted by Crippen LogP contribution is 2.21. The Balaban J connectivity index is 1.67. The first kappa shape index (κ1) is 13.6. The standard InChI is InChI=1S/C15H18N4O2/c20-14-6-1-2-7-18(14)8-9-19-15(21)10-13(11-16-19)17-12-4-3-5-12/h1-2,6-7,10-12,17H,3-5,8-9H2. The summed E-state index contributed by atoms with van der Waals surface area (Å²) in [5.41, 5.74) is 0.551. The van der Waals surface area contributed by atoms with E-state index in [0.717, 1.165) is 18.5 Å². The smallest absolute Gasteiger partial charge is 0.268 e. The lowest BCUT2D eigenvalue weighted by Crippen LogP contribution is -2.30. The lowest BCUT2D eigenvalue weighted by Gasteiger charge is -2.27. The van der Waals surface area contributed by atoms with E-state index in [1.54, 1.807) is 35.2 Å². The van der Waals surface area contributed by atoms with Crippen molar-refractivity contribution in [3.63, 3.8) is 0 Å². The number of hydrogen-bond acceptors (Lipinski definition) is 4. The van der Waals surface area contributed by atoms with Crippen LogP contribution in [0, 0.1) is 0 Å². The van der Waals surface area contributed by atoms with Crippen LogP contribution in [0.15, 0.2) is 46.2 Å². The van der Waals surface area contributed by atoms with Crippen LogP contribution in [-0.4, -0.2) is 20.4 Å². The topological polar surface area (TPSA) is 68.9 Å². The Labute approximate surface area is 122 Å². The van der Waals surface area contributed by atoms with Crippen molar-refractivity contribution in [1.82, 2.24) is 14.3 Å². The Bertz CT molecular complexity index is 731. The summed E-state index contributed by atoms with van der Waals surface area (Å²) in [7, 11) is 0. The molecule has 0 aliphatic heterocycles. The fourth-order valence-corrected chi connectivity index (χ4v) is 2.32. The predicted molar refractivity (Wildman–Crippen MR) is 80.5 cm³/mol. The highest BCUT2D eigenvalue weighted by Gasteiger charge is 2.17. The number of nitrogens with one attached hydrogen (secondary N) is 1. The van der Waals surface area contributed by atoms with Gasteiger partial charge in [-0.2, -0.15) is 5.10 Å². The summed E-state index contributed by atoms with van der Waals surface area (Å²) in [6.07, 6.45) is 6.93. The van der Waals surface area contributed by atoms with E-state index in [2.05, 4.69) is 10.4 Å². The van der Waals surface area contributed by atoms with Gasteiger partial charge in [0.2, 0.25) is 0 Å². The van der Waals surface area contributed by atoms with Crippen molar-refractivity contribution < 1.29 is 0 Å². The van der Waals surface area contributed by atoms with E-state index in [0.29, 0.717) is 19.1 Å². The van der Waals surface area contributed by atoms with Gasteiger partial charge in [0.1, 0.15) is 0 Å². The van der Waals surface area contributed by atoms with Crippen LogP contribution in [0.1, 0.15) is 19.3 Å². The van der Waals surface area contributed by atoms with Gasteiger partial charge in [-0.25, -0.2) is 4.68 Å². The maximum atomic E-state index is 12.0. The number of rotatable bonds is 5. The molecule has 1 aliphatic carbocycles. The van der Waals surface area contributed by atoms with Crippen LogP contribution < -0.4 is 16.4 Å². The monoisotopic (exact) mass is 286 g/mol. The number of hydrogen-bond donors (Lipinski definition) is 1. The minimum atomic E-state index is -0.150. The molecule has 0 aromatic carbocycles. The molecule has 0 atom stereocenters. The van der Waals surface area contributed by atoms with Gasteiger partial charge in [-0.1, -0.05) is 6.07 Å².